The third-order valence-corrected chi connectivity index (χ3v) is 4.38. The number of halogens is 1. The number of hydrogen-bond donors (Lipinski definition) is 0. The van der Waals surface area contributed by atoms with Crippen LogP contribution in [-0.4, -0.2) is 34.8 Å². The lowest BCUT2D eigenvalue weighted by Gasteiger charge is -2.34. The summed E-state index contributed by atoms with van der Waals surface area (Å²) in [5.74, 6) is 0.654. The summed E-state index contributed by atoms with van der Waals surface area (Å²) in [6, 6.07) is 6.83. The van der Waals surface area contributed by atoms with Gasteiger partial charge < -0.3 is 4.90 Å². The Kier molecular flexibility index (Phi) is 3.16. The molecule has 4 heteroatoms. The number of fused-ring (bicyclic) bond motifs is 1. The molecule has 1 saturated heterocycles. The molecule has 0 spiro atoms. The van der Waals surface area contributed by atoms with Crippen LogP contribution in [0, 0.1) is 5.92 Å². The Hall–Kier alpha value is -0.870. The molecule has 0 aliphatic carbocycles. The van der Waals surface area contributed by atoms with Crippen LogP contribution < -0.4 is 0 Å². The molecule has 1 aromatic heterocycles. The molecule has 18 heavy (non-hydrogen) atoms. The van der Waals surface area contributed by atoms with Gasteiger partial charge in [-0.05, 0) is 38.1 Å². The van der Waals surface area contributed by atoms with Crippen LogP contribution in [0.25, 0.3) is 10.9 Å². The highest BCUT2D eigenvalue weighted by Crippen LogP contribution is 2.28. The predicted molar refractivity (Wildman–Crippen MR) is 77.7 cm³/mol. The van der Waals surface area contributed by atoms with Gasteiger partial charge in [-0.2, -0.15) is 5.10 Å². The van der Waals surface area contributed by atoms with Crippen LogP contribution >= 0.6 is 15.9 Å². The Bertz CT molecular complexity index is 563. The van der Waals surface area contributed by atoms with E-state index in [0.717, 1.165) is 23.1 Å². The number of rotatable bonds is 1. The Morgan fingerprint density at radius 1 is 1.39 bits per heavy atom. The van der Waals surface area contributed by atoms with Crippen LogP contribution in [0.1, 0.15) is 19.4 Å². The lowest BCUT2D eigenvalue weighted by molar-refractivity contribution is 0.151. The fourth-order valence-corrected chi connectivity index (χ4v) is 3.26. The normalized spacial score (nSPS) is 25.7. The average molecular weight is 308 g/mol. The summed E-state index contributed by atoms with van der Waals surface area (Å²) < 4.78 is 3.27. The van der Waals surface area contributed by atoms with Crippen LogP contribution in [0.15, 0.2) is 28.9 Å². The number of piperidine rings is 1. The van der Waals surface area contributed by atoms with Crippen molar-refractivity contribution in [1.82, 2.24) is 14.7 Å². The molecule has 3 rings (SSSR count). The maximum atomic E-state index is 4.74. The van der Waals surface area contributed by atoms with Gasteiger partial charge in [0.25, 0.3) is 0 Å². The zero-order chi connectivity index (χ0) is 12.7. The van der Waals surface area contributed by atoms with E-state index in [9.17, 15) is 0 Å². The fourth-order valence-electron chi connectivity index (χ4n) is 2.91. The lowest BCUT2D eigenvalue weighted by Crippen LogP contribution is -2.37. The Morgan fingerprint density at radius 3 is 3.00 bits per heavy atom. The van der Waals surface area contributed by atoms with Gasteiger partial charge in [0.15, 0.2) is 0 Å². The minimum atomic E-state index is 0.535. The van der Waals surface area contributed by atoms with E-state index in [1.165, 1.54) is 11.8 Å². The number of benzene rings is 1. The molecule has 2 aromatic rings. The maximum absolute atomic E-state index is 4.74. The molecule has 0 saturated carbocycles. The van der Waals surface area contributed by atoms with Crippen LogP contribution in [0.4, 0.5) is 0 Å². The second kappa shape index (κ2) is 4.67. The first-order valence-corrected chi connectivity index (χ1v) is 7.26. The molecule has 1 aliphatic rings. The van der Waals surface area contributed by atoms with E-state index in [0.29, 0.717) is 12.0 Å². The predicted octanol–water partition coefficient (Wildman–Crippen LogP) is 3.31. The monoisotopic (exact) mass is 307 g/mol. The molecule has 2 heterocycles. The minimum absolute atomic E-state index is 0.535. The first kappa shape index (κ1) is 12.2. The molecule has 0 radical (unpaired) electrons. The van der Waals surface area contributed by atoms with Gasteiger partial charge in [-0.15, -0.1) is 0 Å². The fraction of sp³-hybridized carbons (Fsp3) is 0.500. The van der Waals surface area contributed by atoms with Gasteiger partial charge in [-0.1, -0.05) is 28.9 Å². The maximum Gasteiger partial charge on any atom is 0.0934 e. The zero-order valence-electron chi connectivity index (χ0n) is 10.8. The summed E-state index contributed by atoms with van der Waals surface area (Å²) >= 11 is 3.50. The molecule has 1 aliphatic heterocycles. The second-order valence-electron chi connectivity index (χ2n) is 5.41. The summed E-state index contributed by atoms with van der Waals surface area (Å²) in [4.78, 5) is 2.40. The smallest absolute Gasteiger partial charge is 0.0934 e. The molecular formula is C14H18BrN3. The van der Waals surface area contributed by atoms with Gasteiger partial charge in [-0.3, -0.25) is 4.68 Å². The van der Waals surface area contributed by atoms with Crippen molar-refractivity contribution in [2.75, 3.05) is 20.1 Å². The van der Waals surface area contributed by atoms with Crippen molar-refractivity contribution < 1.29 is 0 Å². The van der Waals surface area contributed by atoms with Crippen LogP contribution in [0.5, 0.6) is 0 Å². The largest absolute Gasteiger partial charge is 0.306 e. The van der Waals surface area contributed by atoms with Crippen molar-refractivity contribution in [3.63, 3.8) is 0 Å². The van der Waals surface area contributed by atoms with E-state index in [-0.39, 0.29) is 0 Å². The molecule has 3 nitrogen and oxygen atoms in total. The molecule has 0 bridgehead atoms. The molecule has 1 aromatic carbocycles. The average Bonchev–Trinajstić information content (AvgIpc) is 2.71. The van der Waals surface area contributed by atoms with E-state index < -0.39 is 0 Å². The Labute approximate surface area is 116 Å². The van der Waals surface area contributed by atoms with Crippen molar-refractivity contribution in [3.05, 3.63) is 28.9 Å². The third kappa shape index (κ3) is 2.19. The molecule has 0 unspecified atom stereocenters. The first-order valence-electron chi connectivity index (χ1n) is 6.46. The van der Waals surface area contributed by atoms with Gasteiger partial charge in [0.2, 0.25) is 0 Å². The van der Waals surface area contributed by atoms with Gasteiger partial charge in [0.1, 0.15) is 0 Å². The number of aromatic nitrogens is 2. The SMILES string of the molecule is C[C@H]1CN(C)CC[C@H]1n1cc2ccc(Br)cc2n1. The molecule has 96 valence electrons. The molecule has 2 atom stereocenters. The van der Waals surface area contributed by atoms with E-state index in [2.05, 4.69) is 63.9 Å². The highest BCUT2D eigenvalue weighted by atomic mass is 79.9. The van der Waals surface area contributed by atoms with Crippen molar-refractivity contribution >= 4 is 26.8 Å². The number of likely N-dealkylation sites (tertiary alicyclic amines) is 1. The number of hydrogen-bond acceptors (Lipinski definition) is 2. The van der Waals surface area contributed by atoms with Gasteiger partial charge >= 0.3 is 0 Å². The molecular weight excluding hydrogens is 290 g/mol. The summed E-state index contributed by atoms with van der Waals surface area (Å²) in [6.45, 7) is 4.64. The van der Waals surface area contributed by atoms with E-state index in [1.54, 1.807) is 0 Å². The minimum Gasteiger partial charge on any atom is -0.306 e. The summed E-state index contributed by atoms with van der Waals surface area (Å²) in [5.41, 5.74) is 1.08. The van der Waals surface area contributed by atoms with Crippen LogP contribution in [0.2, 0.25) is 0 Å². The van der Waals surface area contributed by atoms with Crippen molar-refractivity contribution in [3.8, 4) is 0 Å². The summed E-state index contributed by atoms with van der Waals surface area (Å²) in [7, 11) is 2.20. The number of nitrogens with zero attached hydrogens (tertiary/aromatic N) is 3. The van der Waals surface area contributed by atoms with Gasteiger partial charge in [-0.25, -0.2) is 0 Å². The highest BCUT2D eigenvalue weighted by Gasteiger charge is 2.26. The first-order chi connectivity index (χ1) is 8.63. The van der Waals surface area contributed by atoms with Crippen LogP contribution in [0.3, 0.4) is 0 Å². The van der Waals surface area contributed by atoms with E-state index >= 15 is 0 Å². The Morgan fingerprint density at radius 2 is 2.22 bits per heavy atom. The second-order valence-corrected chi connectivity index (χ2v) is 6.32. The van der Waals surface area contributed by atoms with Gasteiger partial charge in [0, 0.05) is 22.6 Å². The Balaban J connectivity index is 1.94. The standard InChI is InChI=1S/C14H18BrN3/c1-10-8-17(2)6-5-14(10)18-9-11-3-4-12(15)7-13(11)16-18/h3-4,7,9-10,14H,5-6,8H2,1-2H3/t10-,14+/m0/s1. The zero-order valence-corrected chi connectivity index (χ0v) is 12.4. The van der Waals surface area contributed by atoms with E-state index in [1.807, 2.05) is 0 Å². The third-order valence-electron chi connectivity index (χ3n) is 3.89. The summed E-state index contributed by atoms with van der Waals surface area (Å²) in [5, 5.41) is 5.97. The summed E-state index contributed by atoms with van der Waals surface area (Å²) in [6.07, 6.45) is 3.38. The van der Waals surface area contributed by atoms with Crippen LogP contribution in [-0.2, 0) is 0 Å². The highest BCUT2D eigenvalue weighted by molar-refractivity contribution is 9.10. The van der Waals surface area contributed by atoms with Crippen molar-refractivity contribution in [2.24, 2.45) is 5.92 Å². The van der Waals surface area contributed by atoms with Gasteiger partial charge in [0.05, 0.1) is 11.6 Å². The van der Waals surface area contributed by atoms with Crippen molar-refractivity contribution in [1.29, 1.82) is 0 Å². The van der Waals surface area contributed by atoms with Crippen molar-refractivity contribution in [2.45, 2.75) is 19.4 Å². The lowest BCUT2D eigenvalue weighted by atomic mass is 9.94. The molecule has 0 amide bonds. The molecule has 1 fully saturated rings. The molecule has 0 N–H and O–H groups in total. The topological polar surface area (TPSA) is 21.1 Å². The van der Waals surface area contributed by atoms with E-state index in [4.69, 9.17) is 5.10 Å². The quantitative estimate of drug-likeness (QED) is 0.806.